The van der Waals surface area contributed by atoms with E-state index in [0.717, 1.165) is 32.1 Å². The van der Waals surface area contributed by atoms with Gasteiger partial charge in [-0.2, -0.15) is 0 Å². The zero-order chi connectivity index (χ0) is 13.7. The molecule has 1 aliphatic carbocycles. The fourth-order valence-corrected chi connectivity index (χ4v) is 3.56. The van der Waals surface area contributed by atoms with E-state index in [0.29, 0.717) is 16.9 Å². The van der Waals surface area contributed by atoms with Crippen molar-refractivity contribution in [3.05, 3.63) is 29.1 Å². The standard InChI is InChI=1S/C15H20F2N2/c1-10-3-12(19-7-13(10)14(2,16)17)4-11-5-15(6-11)8-18-9-15/h3,7,11,18H,4-6,8-9H2,1-2H3. The average Bonchev–Trinajstić information content (AvgIpc) is 2.18. The number of nitrogens with one attached hydrogen (secondary N) is 1. The largest absolute Gasteiger partial charge is 0.316 e. The van der Waals surface area contributed by atoms with Gasteiger partial charge in [-0.15, -0.1) is 0 Å². The number of nitrogens with zero attached hydrogens (tertiary/aromatic N) is 1. The lowest BCUT2D eigenvalue weighted by molar-refractivity contribution is 0.000385. The number of alkyl halides is 2. The molecule has 1 aromatic heterocycles. The molecular formula is C15H20F2N2. The molecule has 19 heavy (non-hydrogen) atoms. The fraction of sp³-hybridized carbons (Fsp3) is 0.667. The SMILES string of the molecule is Cc1cc(CC2CC3(CNC3)C2)ncc1C(C)(F)F. The highest BCUT2D eigenvalue weighted by molar-refractivity contribution is 5.29. The summed E-state index contributed by atoms with van der Waals surface area (Å²) in [5.41, 5.74) is 2.22. The number of aryl methyl sites for hydroxylation is 1. The summed E-state index contributed by atoms with van der Waals surface area (Å²) in [5, 5.41) is 3.32. The Balaban J connectivity index is 1.65. The Labute approximate surface area is 112 Å². The molecule has 1 saturated carbocycles. The summed E-state index contributed by atoms with van der Waals surface area (Å²) in [4.78, 5) is 4.22. The van der Waals surface area contributed by atoms with E-state index in [1.54, 1.807) is 6.92 Å². The van der Waals surface area contributed by atoms with Crippen LogP contribution in [-0.4, -0.2) is 18.1 Å². The van der Waals surface area contributed by atoms with E-state index < -0.39 is 5.92 Å². The van der Waals surface area contributed by atoms with E-state index >= 15 is 0 Å². The molecule has 1 aliphatic heterocycles. The molecule has 1 aromatic rings. The predicted molar refractivity (Wildman–Crippen MR) is 70.3 cm³/mol. The van der Waals surface area contributed by atoms with E-state index in [4.69, 9.17) is 0 Å². The minimum absolute atomic E-state index is 0.0459. The Morgan fingerprint density at radius 2 is 2.11 bits per heavy atom. The van der Waals surface area contributed by atoms with Crippen molar-refractivity contribution in [3.8, 4) is 0 Å². The Kier molecular flexibility index (Phi) is 2.89. The van der Waals surface area contributed by atoms with Crippen molar-refractivity contribution in [3.63, 3.8) is 0 Å². The lowest BCUT2D eigenvalue weighted by Crippen LogP contribution is -2.60. The van der Waals surface area contributed by atoms with Crippen LogP contribution in [0.1, 0.15) is 36.6 Å². The van der Waals surface area contributed by atoms with Crippen molar-refractivity contribution >= 4 is 0 Å². The van der Waals surface area contributed by atoms with Crippen LogP contribution in [-0.2, 0) is 12.3 Å². The Morgan fingerprint density at radius 1 is 1.42 bits per heavy atom. The molecule has 0 atom stereocenters. The van der Waals surface area contributed by atoms with E-state index in [-0.39, 0.29) is 5.56 Å². The molecule has 2 nitrogen and oxygen atoms in total. The van der Waals surface area contributed by atoms with Crippen LogP contribution in [0, 0.1) is 18.3 Å². The van der Waals surface area contributed by atoms with Crippen LogP contribution in [0.4, 0.5) is 8.78 Å². The van der Waals surface area contributed by atoms with Gasteiger partial charge >= 0.3 is 0 Å². The second kappa shape index (κ2) is 4.23. The van der Waals surface area contributed by atoms with Gasteiger partial charge in [0.2, 0.25) is 0 Å². The van der Waals surface area contributed by atoms with Crippen LogP contribution in [0.3, 0.4) is 0 Å². The maximum Gasteiger partial charge on any atom is 0.272 e. The first-order valence-electron chi connectivity index (χ1n) is 6.93. The van der Waals surface area contributed by atoms with E-state index in [1.165, 1.54) is 19.0 Å². The van der Waals surface area contributed by atoms with Gasteiger partial charge in [-0.05, 0) is 49.1 Å². The third kappa shape index (κ3) is 2.38. The monoisotopic (exact) mass is 266 g/mol. The molecular weight excluding hydrogens is 246 g/mol. The lowest BCUT2D eigenvalue weighted by Gasteiger charge is -2.54. The van der Waals surface area contributed by atoms with Crippen LogP contribution in [0.5, 0.6) is 0 Å². The number of aromatic nitrogens is 1. The van der Waals surface area contributed by atoms with Crippen molar-refractivity contribution in [2.24, 2.45) is 11.3 Å². The Bertz CT molecular complexity index is 481. The summed E-state index contributed by atoms with van der Waals surface area (Å²) in [7, 11) is 0. The van der Waals surface area contributed by atoms with Crippen molar-refractivity contribution < 1.29 is 8.78 Å². The predicted octanol–water partition coefficient (Wildman–Crippen LogP) is 3.04. The molecule has 3 rings (SSSR count). The molecule has 0 amide bonds. The maximum atomic E-state index is 13.3. The molecule has 2 fully saturated rings. The minimum atomic E-state index is -2.80. The Hall–Kier alpha value is -1.03. The summed E-state index contributed by atoms with van der Waals surface area (Å²) in [6, 6.07) is 1.83. The van der Waals surface area contributed by atoms with Crippen LogP contribution in [0.25, 0.3) is 0 Å². The van der Waals surface area contributed by atoms with Gasteiger partial charge in [-0.25, -0.2) is 8.78 Å². The highest BCUT2D eigenvalue weighted by Crippen LogP contribution is 2.49. The smallest absolute Gasteiger partial charge is 0.272 e. The second-order valence-corrected chi connectivity index (χ2v) is 6.46. The molecule has 4 heteroatoms. The van der Waals surface area contributed by atoms with Crippen LogP contribution in [0.15, 0.2) is 12.3 Å². The van der Waals surface area contributed by atoms with Crippen LogP contribution < -0.4 is 5.32 Å². The normalized spacial score (nSPS) is 22.1. The van der Waals surface area contributed by atoms with Crippen molar-refractivity contribution in [2.75, 3.05) is 13.1 Å². The molecule has 104 valence electrons. The maximum absolute atomic E-state index is 13.3. The first kappa shape index (κ1) is 13.0. The summed E-state index contributed by atoms with van der Waals surface area (Å²) >= 11 is 0. The van der Waals surface area contributed by atoms with E-state index in [2.05, 4.69) is 10.3 Å². The molecule has 0 radical (unpaired) electrons. The Morgan fingerprint density at radius 3 is 2.58 bits per heavy atom. The number of rotatable bonds is 3. The van der Waals surface area contributed by atoms with Gasteiger partial charge in [0.1, 0.15) is 0 Å². The van der Waals surface area contributed by atoms with Gasteiger partial charge < -0.3 is 5.32 Å². The third-order valence-electron chi connectivity index (χ3n) is 4.58. The zero-order valence-electron chi connectivity index (χ0n) is 11.5. The van der Waals surface area contributed by atoms with Gasteiger partial charge in [0.15, 0.2) is 0 Å². The molecule has 0 unspecified atom stereocenters. The molecule has 2 aliphatic rings. The number of pyridine rings is 1. The quantitative estimate of drug-likeness (QED) is 0.909. The molecule has 0 bridgehead atoms. The van der Waals surface area contributed by atoms with Gasteiger partial charge in [0.05, 0.1) is 0 Å². The third-order valence-corrected chi connectivity index (χ3v) is 4.58. The van der Waals surface area contributed by atoms with Crippen LogP contribution in [0.2, 0.25) is 0 Å². The fourth-order valence-electron chi connectivity index (χ4n) is 3.56. The second-order valence-electron chi connectivity index (χ2n) is 6.46. The summed E-state index contributed by atoms with van der Waals surface area (Å²) in [5.74, 6) is -2.12. The van der Waals surface area contributed by atoms with E-state index in [1.807, 2.05) is 6.07 Å². The van der Waals surface area contributed by atoms with Crippen molar-refractivity contribution in [1.29, 1.82) is 0 Å². The van der Waals surface area contributed by atoms with Crippen LogP contribution >= 0.6 is 0 Å². The van der Waals surface area contributed by atoms with Crippen molar-refractivity contribution in [1.82, 2.24) is 10.3 Å². The van der Waals surface area contributed by atoms with E-state index in [9.17, 15) is 8.78 Å². The number of hydrogen-bond acceptors (Lipinski definition) is 2. The molecule has 1 N–H and O–H groups in total. The zero-order valence-corrected chi connectivity index (χ0v) is 11.5. The molecule has 1 saturated heterocycles. The van der Waals surface area contributed by atoms with Gasteiger partial charge in [0, 0.05) is 37.5 Å². The topological polar surface area (TPSA) is 24.9 Å². The average molecular weight is 266 g/mol. The molecule has 0 aromatic carbocycles. The minimum Gasteiger partial charge on any atom is -0.316 e. The summed E-state index contributed by atoms with van der Waals surface area (Å²) < 4.78 is 26.6. The van der Waals surface area contributed by atoms with Gasteiger partial charge in [-0.3, -0.25) is 4.98 Å². The lowest BCUT2D eigenvalue weighted by atomic mass is 9.57. The summed E-state index contributed by atoms with van der Waals surface area (Å²) in [6.45, 7) is 4.97. The summed E-state index contributed by atoms with van der Waals surface area (Å²) in [6.07, 6.45) is 4.79. The number of halogens is 2. The van der Waals surface area contributed by atoms with Gasteiger partial charge in [0.25, 0.3) is 5.92 Å². The van der Waals surface area contributed by atoms with Gasteiger partial charge in [-0.1, -0.05) is 0 Å². The first-order chi connectivity index (χ1) is 8.88. The highest BCUT2D eigenvalue weighted by Gasteiger charge is 2.48. The van der Waals surface area contributed by atoms with Crippen molar-refractivity contribution in [2.45, 2.75) is 39.0 Å². The molecule has 1 spiro atoms. The highest BCUT2D eigenvalue weighted by atomic mass is 19.3. The molecule has 2 heterocycles. The number of hydrogen-bond donors (Lipinski definition) is 1. The first-order valence-corrected chi connectivity index (χ1v) is 6.93.